The highest BCUT2D eigenvalue weighted by molar-refractivity contribution is 9.11. The second-order valence-electron chi connectivity index (χ2n) is 4.35. The highest BCUT2D eigenvalue weighted by atomic mass is 79.9. The van der Waals surface area contributed by atoms with Crippen LogP contribution in [0.1, 0.15) is 15.4 Å². The molecule has 3 rings (SSSR count). The van der Waals surface area contributed by atoms with Crippen molar-refractivity contribution in [2.24, 2.45) is 7.05 Å². The molecule has 0 aliphatic heterocycles. The van der Waals surface area contributed by atoms with Gasteiger partial charge < -0.3 is 9.67 Å². The van der Waals surface area contributed by atoms with Gasteiger partial charge in [-0.05, 0) is 28.1 Å². The number of nitrogens with zero attached hydrogens (tertiary/aromatic N) is 5. The van der Waals surface area contributed by atoms with Gasteiger partial charge in [0, 0.05) is 11.9 Å². The van der Waals surface area contributed by atoms with Gasteiger partial charge in [0.15, 0.2) is 5.69 Å². The molecule has 0 atom stereocenters. The van der Waals surface area contributed by atoms with Crippen LogP contribution < -0.4 is 0 Å². The third-order valence-corrected chi connectivity index (χ3v) is 4.54. The molecular formula is C12H10BrN5O2S. The Morgan fingerprint density at radius 3 is 2.86 bits per heavy atom. The van der Waals surface area contributed by atoms with Crippen LogP contribution in [0.15, 0.2) is 28.4 Å². The lowest BCUT2D eigenvalue weighted by Gasteiger charge is -2.06. The molecule has 108 valence electrons. The van der Waals surface area contributed by atoms with Crippen molar-refractivity contribution in [2.45, 2.75) is 6.54 Å². The van der Waals surface area contributed by atoms with E-state index in [1.807, 2.05) is 12.1 Å². The first kappa shape index (κ1) is 14.0. The maximum absolute atomic E-state index is 11.3. The number of thiophene rings is 1. The zero-order chi connectivity index (χ0) is 15.0. The van der Waals surface area contributed by atoms with E-state index in [4.69, 9.17) is 0 Å². The number of aromatic nitrogens is 5. The number of imidazole rings is 1. The van der Waals surface area contributed by atoms with Crippen LogP contribution in [0, 0.1) is 0 Å². The Hall–Kier alpha value is -2.00. The third-order valence-electron chi connectivity index (χ3n) is 2.93. The maximum atomic E-state index is 11.3. The number of carboxylic acid groups (broad SMARTS) is 1. The fourth-order valence-corrected chi connectivity index (χ4v) is 3.46. The zero-order valence-electron chi connectivity index (χ0n) is 10.9. The van der Waals surface area contributed by atoms with Crippen LogP contribution in [0.25, 0.3) is 11.4 Å². The second kappa shape index (κ2) is 5.41. The predicted molar refractivity (Wildman–Crippen MR) is 80.3 cm³/mol. The normalized spacial score (nSPS) is 11.0. The highest BCUT2D eigenvalue weighted by Crippen LogP contribution is 2.26. The van der Waals surface area contributed by atoms with Crippen LogP contribution in [-0.4, -0.2) is 35.6 Å². The van der Waals surface area contributed by atoms with E-state index in [2.05, 4.69) is 31.2 Å². The van der Waals surface area contributed by atoms with Crippen molar-refractivity contribution in [1.29, 1.82) is 0 Å². The van der Waals surface area contributed by atoms with Gasteiger partial charge in [0.05, 0.1) is 28.5 Å². The average Bonchev–Trinajstić information content (AvgIpc) is 3.11. The molecule has 0 bridgehead atoms. The molecule has 21 heavy (non-hydrogen) atoms. The quantitative estimate of drug-likeness (QED) is 0.764. The SMILES string of the molecule is Cn1cncc1-c1c(C(=O)O)nnn1Cc1ccc(Br)s1. The Kier molecular flexibility index (Phi) is 3.60. The molecule has 0 saturated carbocycles. The first-order valence-electron chi connectivity index (χ1n) is 5.94. The van der Waals surface area contributed by atoms with E-state index in [-0.39, 0.29) is 5.69 Å². The molecule has 9 heteroatoms. The fourth-order valence-electron chi connectivity index (χ4n) is 1.99. The molecule has 1 N–H and O–H groups in total. The van der Waals surface area contributed by atoms with E-state index in [1.54, 1.807) is 40.2 Å². The number of rotatable bonds is 4. The van der Waals surface area contributed by atoms with Gasteiger partial charge in [-0.2, -0.15) is 0 Å². The Balaban J connectivity index is 2.09. The fraction of sp³-hybridized carbons (Fsp3) is 0.167. The Bertz CT molecular complexity index is 806. The summed E-state index contributed by atoms with van der Waals surface area (Å²) in [5.74, 6) is -1.11. The molecule has 0 aromatic carbocycles. The van der Waals surface area contributed by atoms with Crippen LogP contribution in [0.3, 0.4) is 0 Å². The van der Waals surface area contributed by atoms with Crippen molar-refractivity contribution >= 4 is 33.2 Å². The summed E-state index contributed by atoms with van der Waals surface area (Å²) < 4.78 is 4.34. The smallest absolute Gasteiger partial charge is 0.358 e. The van der Waals surface area contributed by atoms with E-state index < -0.39 is 5.97 Å². The molecule has 3 aromatic rings. The standard InChI is InChI=1S/C12H10BrN5O2S/c1-17-6-14-4-8(17)11-10(12(19)20)15-16-18(11)5-7-2-3-9(13)21-7/h2-4,6H,5H2,1H3,(H,19,20). The van der Waals surface area contributed by atoms with Crippen LogP contribution in [0.4, 0.5) is 0 Å². The first-order valence-corrected chi connectivity index (χ1v) is 7.55. The number of carbonyl (C=O) groups is 1. The molecule has 0 spiro atoms. The Labute approximate surface area is 132 Å². The number of hydrogen-bond donors (Lipinski definition) is 1. The Morgan fingerprint density at radius 2 is 2.29 bits per heavy atom. The van der Waals surface area contributed by atoms with Gasteiger partial charge in [0.2, 0.25) is 0 Å². The van der Waals surface area contributed by atoms with Crippen LogP contribution >= 0.6 is 27.3 Å². The second-order valence-corrected chi connectivity index (χ2v) is 6.89. The van der Waals surface area contributed by atoms with Crippen LogP contribution in [-0.2, 0) is 13.6 Å². The van der Waals surface area contributed by atoms with Gasteiger partial charge in [-0.25, -0.2) is 14.5 Å². The lowest BCUT2D eigenvalue weighted by Crippen LogP contribution is -2.07. The molecule has 0 aliphatic carbocycles. The number of carboxylic acids is 1. The van der Waals surface area contributed by atoms with Gasteiger partial charge in [-0.3, -0.25) is 0 Å². The summed E-state index contributed by atoms with van der Waals surface area (Å²) in [6.07, 6.45) is 3.21. The topological polar surface area (TPSA) is 85.8 Å². The summed E-state index contributed by atoms with van der Waals surface area (Å²) in [6, 6.07) is 3.91. The highest BCUT2D eigenvalue weighted by Gasteiger charge is 2.23. The van der Waals surface area contributed by atoms with E-state index in [1.165, 1.54) is 0 Å². The van der Waals surface area contributed by atoms with E-state index in [0.29, 0.717) is 17.9 Å². The van der Waals surface area contributed by atoms with Gasteiger partial charge in [0.1, 0.15) is 5.69 Å². The van der Waals surface area contributed by atoms with Crippen molar-refractivity contribution in [3.63, 3.8) is 0 Å². The summed E-state index contributed by atoms with van der Waals surface area (Å²) in [6.45, 7) is 0.455. The minimum absolute atomic E-state index is 0.0748. The van der Waals surface area contributed by atoms with Crippen molar-refractivity contribution < 1.29 is 9.90 Å². The zero-order valence-corrected chi connectivity index (χ0v) is 13.3. The molecule has 0 saturated heterocycles. The largest absolute Gasteiger partial charge is 0.476 e. The molecule has 3 heterocycles. The summed E-state index contributed by atoms with van der Waals surface area (Å²) >= 11 is 4.98. The van der Waals surface area contributed by atoms with E-state index >= 15 is 0 Å². The monoisotopic (exact) mass is 367 g/mol. The minimum atomic E-state index is -1.11. The summed E-state index contributed by atoms with van der Waals surface area (Å²) in [4.78, 5) is 16.4. The van der Waals surface area contributed by atoms with Crippen molar-refractivity contribution in [1.82, 2.24) is 24.5 Å². The average molecular weight is 368 g/mol. The van der Waals surface area contributed by atoms with Crippen LogP contribution in [0.2, 0.25) is 0 Å². The lowest BCUT2D eigenvalue weighted by atomic mass is 10.2. The van der Waals surface area contributed by atoms with Gasteiger partial charge >= 0.3 is 5.97 Å². The summed E-state index contributed by atoms with van der Waals surface area (Å²) in [5.41, 5.74) is 1.04. The lowest BCUT2D eigenvalue weighted by molar-refractivity contribution is 0.0691. The Morgan fingerprint density at radius 1 is 1.48 bits per heavy atom. The van der Waals surface area contributed by atoms with E-state index in [0.717, 1.165) is 8.66 Å². The van der Waals surface area contributed by atoms with Crippen molar-refractivity contribution in [3.8, 4) is 11.4 Å². The molecule has 0 radical (unpaired) electrons. The van der Waals surface area contributed by atoms with Gasteiger partial charge in [-0.15, -0.1) is 16.4 Å². The number of halogens is 1. The third kappa shape index (κ3) is 2.61. The summed E-state index contributed by atoms with van der Waals surface area (Å²) in [5, 5.41) is 17.0. The molecule has 0 amide bonds. The van der Waals surface area contributed by atoms with Crippen molar-refractivity contribution in [2.75, 3.05) is 0 Å². The molecule has 0 fully saturated rings. The van der Waals surface area contributed by atoms with Gasteiger partial charge in [0.25, 0.3) is 0 Å². The number of aromatic carboxylic acids is 1. The minimum Gasteiger partial charge on any atom is -0.476 e. The molecule has 0 aliphatic rings. The van der Waals surface area contributed by atoms with Crippen molar-refractivity contribution in [3.05, 3.63) is 39.0 Å². The van der Waals surface area contributed by atoms with E-state index in [9.17, 15) is 9.90 Å². The predicted octanol–water partition coefficient (Wildman–Crippen LogP) is 2.25. The van der Waals surface area contributed by atoms with Gasteiger partial charge in [-0.1, -0.05) is 5.21 Å². The maximum Gasteiger partial charge on any atom is 0.358 e. The summed E-state index contributed by atoms with van der Waals surface area (Å²) in [7, 11) is 1.80. The van der Waals surface area contributed by atoms with Crippen LogP contribution in [0.5, 0.6) is 0 Å². The first-order chi connectivity index (χ1) is 10.1. The molecule has 3 aromatic heterocycles. The molecule has 0 unspecified atom stereocenters. The molecular weight excluding hydrogens is 358 g/mol. The molecule has 7 nitrogen and oxygen atoms in total. The number of hydrogen-bond acceptors (Lipinski definition) is 5. The number of aryl methyl sites for hydroxylation is 1.